The van der Waals surface area contributed by atoms with Gasteiger partial charge in [0.05, 0.1) is 17.2 Å². The highest BCUT2D eigenvalue weighted by Gasteiger charge is 2.35. The monoisotopic (exact) mass is 340 g/mol. The minimum absolute atomic E-state index is 0.0612. The molecule has 1 aliphatic heterocycles. The molecule has 3 rings (SSSR count). The number of furan rings is 1. The molecule has 2 heterocycles. The third-order valence-electron chi connectivity index (χ3n) is 4.36. The lowest BCUT2D eigenvalue weighted by molar-refractivity contribution is -0.121. The normalized spacial score (nSPS) is 14.6. The molecule has 0 radical (unpaired) electrons. The molecule has 1 aliphatic rings. The lowest BCUT2D eigenvalue weighted by atomic mass is 10.1. The number of carbonyl (C=O) groups excluding carboxylic acids is 3. The summed E-state index contributed by atoms with van der Waals surface area (Å²) in [6.45, 7) is 5.64. The van der Waals surface area contributed by atoms with E-state index in [0.717, 1.165) is 22.0 Å². The summed E-state index contributed by atoms with van der Waals surface area (Å²) in [6, 6.07) is 8.38. The van der Waals surface area contributed by atoms with Gasteiger partial charge >= 0.3 is 0 Å². The molecule has 0 saturated carbocycles. The van der Waals surface area contributed by atoms with Crippen molar-refractivity contribution in [3.05, 3.63) is 58.5 Å². The topological polar surface area (TPSA) is 79.6 Å². The lowest BCUT2D eigenvalue weighted by Crippen LogP contribution is -2.35. The first-order chi connectivity index (χ1) is 11.9. The van der Waals surface area contributed by atoms with Crippen LogP contribution in [-0.2, 0) is 4.79 Å². The highest BCUT2D eigenvalue weighted by atomic mass is 16.3. The van der Waals surface area contributed by atoms with E-state index in [4.69, 9.17) is 4.42 Å². The average molecular weight is 340 g/mol. The minimum Gasteiger partial charge on any atom is -0.466 e. The number of imide groups is 1. The van der Waals surface area contributed by atoms with Crippen molar-refractivity contribution < 1.29 is 18.8 Å². The highest BCUT2D eigenvalue weighted by Crippen LogP contribution is 2.23. The zero-order chi connectivity index (χ0) is 18.1. The fourth-order valence-corrected chi connectivity index (χ4v) is 3.13. The molecule has 25 heavy (non-hydrogen) atoms. The van der Waals surface area contributed by atoms with Crippen LogP contribution in [0.4, 0.5) is 0 Å². The molecule has 6 heteroatoms. The predicted molar refractivity (Wildman–Crippen MR) is 91.2 cm³/mol. The van der Waals surface area contributed by atoms with Gasteiger partial charge in [-0.2, -0.15) is 0 Å². The number of benzene rings is 1. The van der Waals surface area contributed by atoms with Gasteiger partial charge < -0.3 is 9.73 Å². The molecule has 1 atom stereocenters. The molecule has 1 aromatic heterocycles. The number of rotatable bonds is 5. The van der Waals surface area contributed by atoms with E-state index in [1.54, 1.807) is 24.3 Å². The van der Waals surface area contributed by atoms with Gasteiger partial charge in [0.1, 0.15) is 11.5 Å². The Kier molecular flexibility index (Phi) is 4.44. The number of nitrogens with one attached hydrogen (secondary N) is 1. The number of fused-ring (bicyclic) bond motifs is 1. The largest absolute Gasteiger partial charge is 0.466 e. The molecule has 1 aromatic carbocycles. The minimum atomic E-state index is -0.345. The van der Waals surface area contributed by atoms with Gasteiger partial charge in [0.15, 0.2) is 0 Å². The Hall–Kier alpha value is -2.89. The maximum absolute atomic E-state index is 12.3. The number of amides is 3. The van der Waals surface area contributed by atoms with Crippen LogP contribution in [0.2, 0.25) is 0 Å². The second kappa shape index (κ2) is 6.55. The SMILES string of the molecule is Cc1cc([C@@H](C)NC(=O)CCN2C(=O)c3ccccc3C2=O)c(C)o1. The van der Waals surface area contributed by atoms with Crippen LogP contribution in [0.3, 0.4) is 0 Å². The van der Waals surface area contributed by atoms with Gasteiger partial charge in [-0.3, -0.25) is 19.3 Å². The van der Waals surface area contributed by atoms with Crippen molar-refractivity contribution in [3.8, 4) is 0 Å². The maximum Gasteiger partial charge on any atom is 0.261 e. The Morgan fingerprint density at radius 1 is 1.16 bits per heavy atom. The average Bonchev–Trinajstić information content (AvgIpc) is 3.03. The van der Waals surface area contributed by atoms with Crippen molar-refractivity contribution in [1.29, 1.82) is 0 Å². The second-order valence-corrected chi connectivity index (χ2v) is 6.22. The molecule has 0 unspecified atom stereocenters. The summed E-state index contributed by atoms with van der Waals surface area (Å²) in [6.07, 6.45) is 0.0612. The zero-order valence-electron chi connectivity index (χ0n) is 14.5. The molecule has 0 bridgehead atoms. The molecule has 3 amide bonds. The molecule has 2 aromatic rings. The molecule has 0 spiro atoms. The van der Waals surface area contributed by atoms with E-state index in [0.29, 0.717) is 11.1 Å². The van der Waals surface area contributed by atoms with Crippen molar-refractivity contribution in [2.75, 3.05) is 6.54 Å². The van der Waals surface area contributed by atoms with Crippen molar-refractivity contribution in [2.24, 2.45) is 0 Å². The molecular formula is C19H20N2O4. The Morgan fingerprint density at radius 3 is 2.28 bits per heavy atom. The molecule has 130 valence electrons. The first-order valence-corrected chi connectivity index (χ1v) is 8.20. The molecule has 0 fully saturated rings. The van der Waals surface area contributed by atoms with Gasteiger partial charge in [-0.1, -0.05) is 12.1 Å². The third kappa shape index (κ3) is 3.20. The third-order valence-corrected chi connectivity index (χ3v) is 4.36. The fraction of sp³-hybridized carbons (Fsp3) is 0.316. The Bertz CT molecular complexity index is 818. The number of hydrogen-bond acceptors (Lipinski definition) is 4. The van der Waals surface area contributed by atoms with Gasteiger partial charge in [-0.15, -0.1) is 0 Å². The molecule has 0 saturated heterocycles. The van der Waals surface area contributed by atoms with Crippen LogP contribution in [0, 0.1) is 13.8 Å². The molecule has 1 N–H and O–H groups in total. The summed E-state index contributed by atoms with van der Waals surface area (Å²) in [5.74, 6) is 0.651. The van der Waals surface area contributed by atoms with Crippen LogP contribution in [0.25, 0.3) is 0 Å². The van der Waals surface area contributed by atoms with Crippen LogP contribution in [0.15, 0.2) is 34.7 Å². The van der Waals surface area contributed by atoms with Crippen molar-refractivity contribution in [1.82, 2.24) is 10.2 Å². The van der Waals surface area contributed by atoms with Crippen molar-refractivity contribution in [3.63, 3.8) is 0 Å². The number of hydrogen-bond donors (Lipinski definition) is 1. The van der Waals surface area contributed by atoms with E-state index >= 15 is 0 Å². The Balaban J connectivity index is 1.59. The van der Waals surface area contributed by atoms with E-state index in [9.17, 15) is 14.4 Å². The Labute approximate surface area is 145 Å². The molecular weight excluding hydrogens is 320 g/mol. The first-order valence-electron chi connectivity index (χ1n) is 8.20. The number of carbonyl (C=O) groups is 3. The fourth-order valence-electron chi connectivity index (χ4n) is 3.13. The lowest BCUT2D eigenvalue weighted by Gasteiger charge is -2.16. The van der Waals surface area contributed by atoms with Gasteiger partial charge in [-0.25, -0.2) is 0 Å². The van der Waals surface area contributed by atoms with Crippen molar-refractivity contribution in [2.45, 2.75) is 33.2 Å². The first kappa shape index (κ1) is 17.0. The van der Waals surface area contributed by atoms with Crippen LogP contribution in [-0.4, -0.2) is 29.2 Å². The van der Waals surface area contributed by atoms with Crippen LogP contribution >= 0.6 is 0 Å². The van der Waals surface area contributed by atoms with Gasteiger partial charge in [0.25, 0.3) is 11.8 Å². The summed E-state index contributed by atoms with van der Waals surface area (Å²) in [4.78, 5) is 37.9. The summed E-state index contributed by atoms with van der Waals surface area (Å²) in [5.41, 5.74) is 1.71. The highest BCUT2D eigenvalue weighted by molar-refractivity contribution is 6.21. The number of aryl methyl sites for hydroxylation is 2. The summed E-state index contributed by atoms with van der Waals surface area (Å²) in [5, 5.41) is 2.88. The molecule has 0 aliphatic carbocycles. The quantitative estimate of drug-likeness (QED) is 0.849. The standard InChI is InChI=1S/C19H20N2O4/c1-11-10-16(13(3)25-11)12(2)20-17(22)8-9-21-18(23)14-6-4-5-7-15(14)19(21)24/h4-7,10,12H,8-9H2,1-3H3,(H,20,22)/t12-/m1/s1. The van der Waals surface area contributed by atoms with Gasteiger partial charge in [-0.05, 0) is 39.0 Å². The van der Waals surface area contributed by atoms with Crippen LogP contribution in [0.1, 0.15) is 57.2 Å². The summed E-state index contributed by atoms with van der Waals surface area (Å²) >= 11 is 0. The smallest absolute Gasteiger partial charge is 0.261 e. The van der Waals surface area contributed by atoms with Crippen LogP contribution in [0.5, 0.6) is 0 Å². The van der Waals surface area contributed by atoms with E-state index in [1.165, 1.54) is 0 Å². The van der Waals surface area contributed by atoms with E-state index in [2.05, 4.69) is 5.32 Å². The van der Waals surface area contributed by atoms with E-state index in [1.807, 2.05) is 26.8 Å². The van der Waals surface area contributed by atoms with Gasteiger partial charge in [0.2, 0.25) is 5.91 Å². The van der Waals surface area contributed by atoms with Crippen molar-refractivity contribution >= 4 is 17.7 Å². The zero-order valence-corrected chi connectivity index (χ0v) is 14.5. The summed E-state index contributed by atoms with van der Waals surface area (Å²) < 4.78 is 5.47. The van der Waals surface area contributed by atoms with E-state index in [-0.39, 0.29) is 36.7 Å². The second-order valence-electron chi connectivity index (χ2n) is 6.22. The Morgan fingerprint density at radius 2 is 1.76 bits per heavy atom. The van der Waals surface area contributed by atoms with Gasteiger partial charge in [0, 0.05) is 18.5 Å². The summed E-state index contributed by atoms with van der Waals surface area (Å²) in [7, 11) is 0. The predicted octanol–water partition coefficient (Wildman–Crippen LogP) is 2.76. The van der Waals surface area contributed by atoms with E-state index < -0.39 is 0 Å². The maximum atomic E-state index is 12.3. The molecule has 6 nitrogen and oxygen atoms in total. The van der Waals surface area contributed by atoms with Crippen LogP contribution < -0.4 is 5.32 Å². The number of nitrogens with zero attached hydrogens (tertiary/aromatic N) is 1.